The van der Waals surface area contributed by atoms with Crippen LogP contribution in [0.15, 0.2) is 41.2 Å². The number of aryl methyl sites for hydroxylation is 2. The molecule has 1 amide bonds. The molecule has 2 aromatic rings. The van der Waals surface area contributed by atoms with Gasteiger partial charge in [-0.1, -0.05) is 24.3 Å². The Morgan fingerprint density at radius 3 is 2.90 bits per heavy atom. The molecular weight excluding hydrogens is 254 g/mol. The summed E-state index contributed by atoms with van der Waals surface area (Å²) in [5.41, 5.74) is 2.49. The molecule has 5 nitrogen and oxygen atoms in total. The lowest BCUT2D eigenvalue weighted by Gasteiger charge is -2.13. The average molecular weight is 269 g/mol. The Labute approximate surface area is 116 Å². The van der Waals surface area contributed by atoms with Gasteiger partial charge >= 0.3 is 0 Å². The van der Waals surface area contributed by atoms with Gasteiger partial charge in [-0.05, 0) is 30.0 Å². The van der Waals surface area contributed by atoms with Gasteiger partial charge < -0.3 is 5.32 Å². The maximum absolute atomic E-state index is 12.2. The first-order chi connectivity index (χ1) is 9.65. The molecule has 1 heterocycles. The number of aromatic nitrogens is 2. The van der Waals surface area contributed by atoms with E-state index in [0.717, 1.165) is 17.5 Å². The van der Waals surface area contributed by atoms with Crippen LogP contribution in [-0.4, -0.2) is 15.7 Å². The van der Waals surface area contributed by atoms with Crippen LogP contribution in [0, 0.1) is 0 Å². The number of hydrogen-bond acceptors (Lipinski definition) is 3. The van der Waals surface area contributed by atoms with E-state index in [1.165, 1.54) is 30.3 Å². The zero-order valence-corrected chi connectivity index (χ0v) is 11.2. The summed E-state index contributed by atoms with van der Waals surface area (Å²) >= 11 is 0. The molecule has 0 spiro atoms. The zero-order valence-electron chi connectivity index (χ0n) is 11.2. The lowest BCUT2D eigenvalue weighted by molar-refractivity contribution is 0.0929. The SMILES string of the molecule is Cn1nc(C(=O)NC2CCc3ccccc32)ccc1=O. The van der Waals surface area contributed by atoms with Gasteiger partial charge in [0.2, 0.25) is 0 Å². The molecule has 5 heteroatoms. The van der Waals surface area contributed by atoms with Crippen molar-refractivity contribution in [3.63, 3.8) is 0 Å². The number of carbonyl (C=O) groups is 1. The standard InChI is InChI=1S/C15H15N3O2/c1-18-14(19)9-8-13(17-18)15(20)16-12-7-6-10-4-2-3-5-11(10)12/h2-5,8-9,12H,6-7H2,1H3,(H,16,20). The number of nitrogens with one attached hydrogen (secondary N) is 1. The quantitative estimate of drug-likeness (QED) is 0.891. The summed E-state index contributed by atoms with van der Waals surface area (Å²) in [4.78, 5) is 23.5. The molecule has 1 aromatic heterocycles. The van der Waals surface area contributed by atoms with Crippen LogP contribution in [0.4, 0.5) is 0 Å². The number of amides is 1. The van der Waals surface area contributed by atoms with E-state index in [2.05, 4.69) is 16.5 Å². The van der Waals surface area contributed by atoms with Crippen molar-refractivity contribution in [2.24, 2.45) is 7.05 Å². The predicted octanol–water partition coefficient (Wildman–Crippen LogP) is 1.20. The molecule has 0 saturated heterocycles. The van der Waals surface area contributed by atoms with Crippen LogP contribution in [0.3, 0.4) is 0 Å². The largest absolute Gasteiger partial charge is 0.344 e. The van der Waals surface area contributed by atoms with Crippen molar-refractivity contribution < 1.29 is 4.79 Å². The van der Waals surface area contributed by atoms with E-state index in [9.17, 15) is 9.59 Å². The lowest BCUT2D eigenvalue weighted by Crippen LogP contribution is -2.30. The Morgan fingerprint density at radius 2 is 2.10 bits per heavy atom. The van der Waals surface area contributed by atoms with Crippen molar-refractivity contribution in [1.29, 1.82) is 0 Å². The fourth-order valence-electron chi connectivity index (χ4n) is 2.56. The molecule has 3 rings (SSSR count). The van der Waals surface area contributed by atoms with Crippen LogP contribution in [0.1, 0.15) is 34.1 Å². The Kier molecular flexibility index (Phi) is 3.10. The molecule has 1 atom stereocenters. The monoisotopic (exact) mass is 269 g/mol. The van der Waals surface area contributed by atoms with Crippen molar-refractivity contribution in [3.8, 4) is 0 Å². The highest BCUT2D eigenvalue weighted by atomic mass is 16.2. The van der Waals surface area contributed by atoms with Crippen molar-refractivity contribution in [3.05, 3.63) is 63.6 Å². The van der Waals surface area contributed by atoms with Crippen LogP contribution >= 0.6 is 0 Å². The third-order valence-electron chi connectivity index (χ3n) is 3.63. The normalized spacial score (nSPS) is 16.8. The second-order valence-corrected chi connectivity index (χ2v) is 4.94. The van der Waals surface area contributed by atoms with E-state index < -0.39 is 0 Å². The highest BCUT2D eigenvalue weighted by Crippen LogP contribution is 2.30. The minimum absolute atomic E-state index is 0.0257. The van der Waals surface area contributed by atoms with E-state index in [0.29, 0.717) is 0 Å². The number of nitrogens with zero attached hydrogens (tertiary/aromatic N) is 2. The molecule has 0 bridgehead atoms. The van der Waals surface area contributed by atoms with Crippen LogP contribution in [0.5, 0.6) is 0 Å². The third-order valence-corrected chi connectivity index (χ3v) is 3.63. The fraction of sp³-hybridized carbons (Fsp3) is 0.267. The number of fused-ring (bicyclic) bond motifs is 1. The highest BCUT2D eigenvalue weighted by molar-refractivity contribution is 5.92. The summed E-state index contributed by atoms with van der Waals surface area (Å²) in [7, 11) is 1.53. The number of hydrogen-bond donors (Lipinski definition) is 1. The highest BCUT2D eigenvalue weighted by Gasteiger charge is 2.24. The topological polar surface area (TPSA) is 64.0 Å². The molecule has 102 valence electrons. The van der Waals surface area contributed by atoms with Crippen LogP contribution in [-0.2, 0) is 13.5 Å². The van der Waals surface area contributed by atoms with Gasteiger partial charge in [0.1, 0.15) is 5.69 Å². The van der Waals surface area contributed by atoms with Crippen molar-refractivity contribution >= 4 is 5.91 Å². The average Bonchev–Trinajstić information content (AvgIpc) is 2.85. The minimum atomic E-state index is -0.248. The van der Waals surface area contributed by atoms with Crippen LogP contribution in [0.25, 0.3) is 0 Å². The second-order valence-electron chi connectivity index (χ2n) is 4.94. The van der Waals surface area contributed by atoms with Crippen molar-refractivity contribution in [1.82, 2.24) is 15.1 Å². The van der Waals surface area contributed by atoms with Gasteiger partial charge in [0, 0.05) is 13.1 Å². The lowest BCUT2D eigenvalue weighted by atomic mass is 10.1. The maximum Gasteiger partial charge on any atom is 0.272 e. The first-order valence-electron chi connectivity index (χ1n) is 6.58. The van der Waals surface area contributed by atoms with E-state index in [-0.39, 0.29) is 23.2 Å². The Hall–Kier alpha value is -2.43. The van der Waals surface area contributed by atoms with Gasteiger partial charge in [-0.2, -0.15) is 5.10 Å². The fourth-order valence-corrected chi connectivity index (χ4v) is 2.56. The number of rotatable bonds is 2. The van der Waals surface area contributed by atoms with Gasteiger partial charge in [-0.15, -0.1) is 0 Å². The molecule has 1 unspecified atom stereocenters. The molecule has 1 aliphatic carbocycles. The first kappa shape index (κ1) is 12.6. The van der Waals surface area contributed by atoms with Gasteiger partial charge in [0.05, 0.1) is 6.04 Å². The molecule has 20 heavy (non-hydrogen) atoms. The van der Waals surface area contributed by atoms with Gasteiger partial charge in [-0.3, -0.25) is 9.59 Å². The summed E-state index contributed by atoms with van der Waals surface area (Å²) in [6.45, 7) is 0. The van der Waals surface area contributed by atoms with E-state index in [1.54, 1.807) is 0 Å². The molecular formula is C15H15N3O2. The van der Waals surface area contributed by atoms with Gasteiger partial charge in [-0.25, -0.2) is 4.68 Å². The molecule has 1 N–H and O–H groups in total. The summed E-state index contributed by atoms with van der Waals surface area (Å²) in [5.74, 6) is -0.248. The second kappa shape index (κ2) is 4.92. The molecule has 0 radical (unpaired) electrons. The molecule has 0 fully saturated rings. The van der Waals surface area contributed by atoms with E-state index in [4.69, 9.17) is 0 Å². The summed E-state index contributed by atoms with van der Waals surface area (Å²) in [6, 6.07) is 11.0. The first-order valence-corrected chi connectivity index (χ1v) is 6.58. The van der Waals surface area contributed by atoms with Gasteiger partial charge in [0.15, 0.2) is 0 Å². The third kappa shape index (κ3) is 2.22. The van der Waals surface area contributed by atoms with Gasteiger partial charge in [0.25, 0.3) is 11.5 Å². The van der Waals surface area contributed by atoms with Crippen molar-refractivity contribution in [2.45, 2.75) is 18.9 Å². The Bertz CT molecular complexity index is 721. The summed E-state index contributed by atoms with van der Waals surface area (Å²) in [5, 5.41) is 6.94. The summed E-state index contributed by atoms with van der Waals surface area (Å²) in [6.07, 6.45) is 1.87. The van der Waals surface area contributed by atoms with Crippen molar-refractivity contribution in [2.75, 3.05) is 0 Å². The summed E-state index contributed by atoms with van der Waals surface area (Å²) < 4.78 is 1.16. The Morgan fingerprint density at radius 1 is 1.30 bits per heavy atom. The van der Waals surface area contributed by atoms with Crippen LogP contribution in [0.2, 0.25) is 0 Å². The molecule has 1 aliphatic rings. The smallest absolute Gasteiger partial charge is 0.272 e. The molecule has 0 aliphatic heterocycles. The van der Waals surface area contributed by atoms with E-state index in [1.807, 2.05) is 18.2 Å². The van der Waals surface area contributed by atoms with Crippen LogP contribution < -0.4 is 10.9 Å². The number of benzene rings is 1. The minimum Gasteiger partial charge on any atom is -0.344 e. The van der Waals surface area contributed by atoms with E-state index >= 15 is 0 Å². The molecule has 0 saturated carbocycles. The zero-order chi connectivity index (χ0) is 14.1. The Balaban J connectivity index is 1.80. The predicted molar refractivity (Wildman–Crippen MR) is 74.4 cm³/mol. The number of carbonyl (C=O) groups excluding carboxylic acids is 1. The molecule has 1 aromatic carbocycles. The maximum atomic E-state index is 12.2.